The maximum atomic E-state index is 12.1. The van der Waals surface area contributed by atoms with E-state index in [1.807, 2.05) is 0 Å². The molecule has 2 amide bonds. The summed E-state index contributed by atoms with van der Waals surface area (Å²) in [6, 6.07) is 4.93. The molecular formula is C14H15N3O6. The van der Waals surface area contributed by atoms with Gasteiger partial charge in [0.2, 0.25) is 0 Å². The Morgan fingerprint density at radius 1 is 1.30 bits per heavy atom. The standard InChI is InChI=1S/C14H15N3O6/c1-15-11(8-9-2-4-10(5-3-9)17(21)22)14(20)23-16-12(18)6-7-13(16)19/h2-5,11,15H,6-8H2,1H3. The van der Waals surface area contributed by atoms with Crippen LogP contribution in [0.1, 0.15) is 18.4 Å². The highest BCUT2D eigenvalue weighted by Gasteiger charge is 2.34. The van der Waals surface area contributed by atoms with E-state index in [1.54, 1.807) is 0 Å². The van der Waals surface area contributed by atoms with Crippen molar-refractivity contribution in [1.29, 1.82) is 0 Å². The van der Waals surface area contributed by atoms with Crippen LogP contribution in [0.4, 0.5) is 5.69 Å². The van der Waals surface area contributed by atoms with Crippen LogP contribution < -0.4 is 5.32 Å². The normalized spacial score (nSPS) is 15.6. The fraction of sp³-hybridized carbons (Fsp3) is 0.357. The number of non-ortho nitro benzene ring substituents is 1. The molecule has 2 rings (SSSR count). The van der Waals surface area contributed by atoms with Gasteiger partial charge >= 0.3 is 5.97 Å². The molecular weight excluding hydrogens is 306 g/mol. The molecule has 1 heterocycles. The molecule has 1 saturated heterocycles. The number of benzene rings is 1. The van der Waals surface area contributed by atoms with Crippen LogP contribution in [0.15, 0.2) is 24.3 Å². The third kappa shape index (κ3) is 3.89. The minimum absolute atomic E-state index is 0.0265. The Morgan fingerprint density at radius 3 is 2.35 bits per heavy atom. The molecule has 9 heteroatoms. The second-order valence-electron chi connectivity index (χ2n) is 4.96. The lowest BCUT2D eigenvalue weighted by atomic mass is 10.1. The van der Waals surface area contributed by atoms with Crippen molar-refractivity contribution in [2.45, 2.75) is 25.3 Å². The number of hydrogen-bond donors (Lipinski definition) is 1. The van der Waals surface area contributed by atoms with Crippen LogP contribution in [0.2, 0.25) is 0 Å². The molecule has 1 unspecified atom stereocenters. The minimum Gasteiger partial charge on any atom is -0.329 e. The van der Waals surface area contributed by atoms with Crippen LogP contribution in [0.3, 0.4) is 0 Å². The van der Waals surface area contributed by atoms with Gasteiger partial charge in [0.05, 0.1) is 4.92 Å². The van der Waals surface area contributed by atoms with Gasteiger partial charge in [-0.3, -0.25) is 19.7 Å². The Hall–Kier alpha value is -2.81. The molecule has 1 aliphatic heterocycles. The molecule has 0 bridgehead atoms. The number of nitrogens with one attached hydrogen (secondary N) is 1. The highest BCUT2D eigenvalue weighted by atomic mass is 16.7. The quantitative estimate of drug-likeness (QED) is 0.455. The molecule has 23 heavy (non-hydrogen) atoms. The van der Waals surface area contributed by atoms with Gasteiger partial charge in [0, 0.05) is 25.0 Å². The lowest BCUT2D eigenvalue weighted by Crippen LogP contribution is -2.42. The van der Waals surface area contributed by atoms with Crippen molar-refractivity contribution in [3.63, 3.8) is 0 Å². The minimum atomic E-state index is -0.794. The molecule has 1 aromatic carbocycles. The van der Waals surface area contributed by atoms with Crippen LogP contribution in [0.5, 0.6) is 0 Å². The highest BCUT2D eigenvalue weighted by Crippen LogP contribution is 2.15. The first kappa shape index (κ1) is 16.6. The van der Waals surface area contributed by atoms with Gasteiger partial charge in [-0.2, -0.15) is 0 Å². The molecule has 1 aromatic rings. The van der Waals surface area contributed by atoms with Gasteiger partial charge in [-0.05, 0) is 19.0 Å². The number of hydrogen-bond acceptors (Lipinski definition) is 7. The van der Waals surface area contributed by atoms with Crippen molar-refractivity contribution < 1.29 is 24.1 Å². The monoisotopic (exact) mass is 321 g/mol. The largest absolute Gasteiger partial charge is 0.350 e. The number of imide groups is 1. The molecule has 0 saturated carbocycles. The average molecular weight is 321 g/mol. The van der Waals surface area contributed by atoms with Crippen LogP contribution in [-0.2, 0) is 25.6 Å². The van der Waals surface area contributed by atoms with Gasteiger partial charge in [0.1, 0.15) is 6.04 Å². The van der Waals surface area contributed by atoms with Crippen molar-refractivity contribution in [1.82, 2.24) is 10.4 Å². The number of carbonyl (C=O) groups is 3. The van der Waals surface area contributed by atoms with E-state index in [2.05, 4.69) is 5.32 Å². The van der Waals surface area contributed by atoms with Gasteiger partial charge in [-0.15, -0.1) is 5.06 Å². The Kier molecular flexibility index (Phi) is 5.02. The first-order chi connectivity index (χ1) is 10.9. The first-order valence-electron chi connectivity index (χ1n) is 6.90. The topological polar surface area (TPSA) is 119 Å². The van der Waals surface area contributed by atoms with Crippen LogP contribution in [0.25, 0.3) is 0 Å². The number of rotatable bonds is 6. The predicted molar refractivity (Wildman–Crippen MR) is 76.8 cm³/mol. The number of nitro groups is 1. The second kappa shape index (κ2) is 6.97. The molecule has 9 nitrogen and oxygen atoms in total. The van der Waals surface area contributed by atoms with Gasteiger partial charge in [0.25, 0.3) is 17.5 Å². The average Bonchev–Trinajstić information content (AvgIpc) is 2.84. The Morgan fingerprint density at radius 2 is 1.87 bits per heavy atom. The van der Waals surface area contributed by atoms with E-state index in [-0.39, 0.29) is 24.9 Å². The maximum absolute atomic E-state index is 12.1. The van der Waals surface area contributed by atoms with Gasteiger partial charge < -0.3 is 10.2 Å². The zero-order valence-electron chi connectivity index (χ0n) is 12.4. The molecule has 1 atom stereocenters. The molecule has 122 valence electrons. The van der Waals surface area contributed by atoms with E-state index in [0.717, 1.165) is 0 Å². The maximum Gasteiger partial charge on any atom is 0.350 e. The van der Waals surface area contributed by atoms with Crippen molar-refractivity contribution >= 4 is 23.5 Å². The van der Waals surface area contributed by atoms with Crippen LogP contribution >= 0.6 is 0 Å². The number of nitro benzene ring substituents is 1. The molecule has 1 fully saturated rings. The van der Waals surface area contributed by atoms with Gasteiger partial charge in [-0.1, -0.05) is 12.1 Å². The van der Waals surface area contributed by atoms with Crippen molar-refractivity contribution in [2.75, 3.05) is 7.05 Å². The van der Waals surface area contributed by atoms with Crippen LogP contribution in [0, 0.1) is 10.1 Å². The number of likely N-dealkylation sites (N-methyl/N-ethyl adjacent to an activating group) is 1. The second-order valence-corrected chi connectivity index (χ2v) is 4.96. The summed E-state index contributed by atoms with van der Waals surface area (Å²) in [5.41, 5.74) is 0.622. The van der Waals surface area contributed by atoms with Crippen molar-refractivity contribution in [3.05, 3.63) is 39.9 Å². The molecule has 0 spiro atoms. The molecule has 0 aromatic heterocycles. The third-order valence-corrected chi connectivity index (χ3v) is 3.41. The van der Waals surface area contributed by atoms with Crippen LogP contribution in [-0.4, -0.2) is 40.9 Å². The molecule has 0 aliphatic carbocycles. The first-order valence-corrected chi connectivity index (χ1v) is 6.90. The SMILES string of the molecule is CNC(Cc1ccc([N+](=O)[O-])cc1)C(=O)ON1C(=O)CCC1=O. The van der Waals surface area contributed by atoms with Crippen molar-refractivity contribution in [3.8, 4) is 0 Å². The van der Waals surface area contributed by atoms with E-state index < -0.39 is 28.7 Å². The summed E-state index contributed by atoms with van der Waals surface area (Å²) in [7, 11) is 1.53. The predicted octanol–water partition coefficient (Wildman–Crippen LogP) is 0.332. The summed E-state index contributed by atoms with van der Waals surface area (Å²) in [5, 5.41) is 13.8. The number of nitrogens with zero attached hydrogens (tertiary/aromatic N) is 2. The summed E-state index contributed by atoms with van der Waals surface area (Å²) >= 11 is 0. The summed E-state index contributed by atoms with van der Waals surface area (Å²) in [6.07, 6.45) is 0.251. The fourth-order valence-corrected chi connectivity index (χ4v) is 2.10. The Labute approximate surface area is 131 Å². The van der Waals surface area contributed by atoms with E-state index in [9.17, 15) is 24.5 Å². The van der Waals surface area contributed by atoms with Gasteiger partial charge in [0.15, 0.2) is 0 Å². The zero-order chi connectivity index (χ0) is 17.0. The highest BCUT2D eigenvalue weighted by molar-refractivity contribution is 6.01. The smallest absolute Gasteiger partial charge is 0.329 e. The van der Waals surface area contributed by atoms with E-state index in [0.29, 0.717) is 10.6 Å². The van der Waals surface area contributed by atoms with E-state index in [1.165, 1.54) is 31.3 Å². The lowest BCUT2D eigenvalue weighted by Gasteiger charge is -2.18. The van der Waals surface area contributed by atoms with Crippen molar-refractivity contribution in [2.24, 2.45) is 0 Å². The van der Waals surface area contributed by atoms with E-state index in [4.69, 9.17) is 4.84 Å². The third-order valence-electron chi connectivity index (χ3n) is 3.41. The summed E-state index contributed by atoms with van der Waals surface area (Å²) < 4.78 is 0. The fourth-order valence-electron chi connectivity index (χ4n) is 2.10. The number of carbonyl (C=O) groups excluding carboxylic acids is 3. The van der Waals surface area contributed by atoms with E-state index >= 15 is 0 Å². The molecule has 1 aliphatic rings. The molecule has 1 N–H and O–H groups in total. The Bertz CT molecular complexity index is 626. The summed E-state index contributed by atoms with van der Waals surface area (Å²) in [6.45, 7) is 0. The Balaban J connectivity index is 2.01. The summed E-state index contributed by atoms with van der Waals surface area (Å²) in [5.74, 6) is -1.86. The molecule has 0 radical (unpaired) electrons. The van der Waals surface area contributed by atoms with Gasteiger partial charge in [-0.25, -0.2) is 4.79 Å². The number of amides is 2. The summed E-state index contributed by atoms with van der Waals surface area (Å²) in [4.78, 5) is 49.9. The number of hydroxylamine groups is 2. The lowest BCUT2D eigenvalue weighted by molar-refractivity contribution is -0.384. The zero-order valence-corrected chi connectivity index (χ0v) is 12.4.